The van der Waals surface area contributed by atoms with Gasteiger partial charge in [-0.25, -0.2) is 4.79 Å². The zero-order valence-electron chi connectivity index (χ0n) is 11.8. The molecule has 0 N–H and O–H groups in total. The molecule has 0 saturated heterocycles. The van der Waals surface area contributed by atoms with Crippen molar-refractivity contribution < 1.29 is 14.3 Å². The fourth-order valence-electron chi connectivity index (χ4n) is 1.55. The summed E-state index contributed by atoms with van der Waals surface area (Å²) in [5, 5.41) is 0. The Morgan fingerprint density at radius 2 is 1.79 bits per heavy atom. The molecule has 0 bridgehead atoms. The fourth-order valence-corrected chi connectivity index (χ4v) is 1.55. The molecule has 0 heterocycles. The van der Waals surface area contributed by atoms with Gasteiger partial charge in [-0.1, -0.05) is 12.1 Å². The van der Waals surface area contributed by atoms with Crippen LogP contribution >= 0.6 is 0 Å². The fraction of sp³-hybridized carbons (Fsp3) is 0.333. The number of benzene rings is 1. The standard InChI is InChI=1S/C15H19NO3/c1-5-19-15(18)14(11(2)17)10-12-6-8-13(9-7-12)16(3)4/h6-10H,5H2,1-4H3. The number of ether oxygens (including phenoxy) is 1. The highest BCUT2D eigenvalue weighted by Crippen LogP contribution is 2.15. The summed E-state index contributed by atoms with van der Waals surface area (Å²) in [6, 6.07) is 7.57. The molecular weight excluding hydrogens is 242 g/mol. The molecule has 0 spiro atoms. The third-order valence-electron chi connectivity index (χ3n) is 2.60. The van der Waals surface area contributed by atoms with E-state index in [0.29, 0.717) is 0 Å². The maximum absolute atomic E-state index is 11.6. The summed E-state index contributed by atoms with van der Waals surface area (Å²) in [6.45, 7) is 3.32. The molecule has 0 unspecified atom stereocenters. The molecule has 1 aromatic carbocycles. The number of anilines is 1. The normalized spacial score (nSPS) is 11.1. The van der Waals surface area contributed by atoms with E-state index in [4.69, 9.17) is 4.74 Å². The summed E-state index contributed by atoms with van der Waals surface area (Å²) in [5.41, 5.74) is 1.92. The van der Waals surface area contributed by atoms with Crippen molar-refractivity contribution in [1.82, 2.24) is 0 Å². The van der Waals surface area contributed by atoms with Crippen molar-refractivity contribution in [1.29, 1.82) is 0 Å². The second-order valence-corrected chi connectivity index (χ2v) is 4.32. The van der Waals surface area contributed by atoms with E-state index in [9.17, 15) is 9.59 Å². The van der Waals surface area contributed by atoms with Gasteiger partial charge in [0.25, 0.3) is 0 Å². The van der Waals surface area contributed by atoms with Gasteiger partial charge in [0.05, 0.1) is 6.61 Å². The predicted molar refractivity (Wildman–Crippen MR) is 76.1 cm³/mol. The van der Waals surface area contributed by atoms with Gasteiger partial charge in [-0.05, 0) is 37.6 Å². The van der Waals surface area contributed by atoms with Crippen molar-refractivity contribution in [3.8, 4) is 0 Å². The van der Waals surface area contributed by atoms with Crippen LogP contribution in [-0.2, 0) is 14.3 Å². The lowest BCUT2D eigenvalue weighted by Crippen LogP contribution is -2.13. The summed E-state index contributed by atoms with van der Waals surface area (Å²) in [4.78, 5) is 25.1. The van der Waals surface area contributed by atoms with Gasteiger partial charge in [-0.3, -0.25) is 4.79 Å². The van der Waals surface area contributed by atoms with Crippen LogP contribution in [-0.4, -0.2) is 32.5 Å². The maximum atomic E-state index is 11.6. The monoisotopic (exact) mass is 261 g/mol. The van der Waals surface area contributed by atoms with E-state index in [-0.39, 0.29) is 18.0 Å². The summed E-state index contributed by atoms with van der Waals surface area (Å²) >= 11 is 0. The lowest BCUT2D eigenvalue weighted by Gasteiger charge is -2.12. The van der Waals surface area contributed by atoms with E-state index < -0.39 is 5.97 Å². The Labute approximate surface area is 113 Å². The van der Waals surface area contributed by atoms with Crippen LogP contribution in [0.1, 0.15) is 19.4 Å². The minimum Gasteiger partial charge on any atom is -0.462 e. The number of Topliss-reactive ketones (excluding diaryl/α,β-unsaturated/α-hetero) is 1. The summed E-state index contributed by atoms with van der Waals surface area (Å²) < 4.78 is 4.86. The number of carbonyl (C=O) groups is 2. The Morgan fingerprint density at radius 3 is 2.21 bits per heavy atom. The number of esters is 1. The SMILES string of the molecule is CCOC(=O)C(=Cc1ccc(N(C)C)cc1)C(C)=O. The van der Waals surface area contributed by atoms with Gasteiger partial charge in [-0.2, -0.15) is 0 Å². The van der Waals surface area contributed by atoms with E-state index in [2.05, 4.69) is 0 Å². The molecule has 102 valence electrons. The summed E-state index contributed by atoms with van der Waals surface area (Å²) in [5.74, 6) is -0.873. The van der Waals surface area contributed by atoms with Gasteiger partial charge < -0.3 is 9.64 Å². The molecule has 1 rings (SSSR count). The molecule has 0 atom stereocenters. The van der Waals surface area contributed by atoms with Crippen molar-refractivity contribution in [2.24, 2.45) is 0 Å². The first-order valence-electron chi connectivity index (χ1n) is 6.12. The second-order valence-electron chi connectivity index (χ2n) is 4.32. The lowest BCUT2D eigenvalue weighted by molar-refractivity contribution is -0.139. The van der Waals surface area contributed by atoms with E-state index in [1.54, 1.807) is 13.0 Å². The molecule has 0 saturated carbocycles. The van der Waals surface area contributed by atoms with Crippen LogP contribution < -0.4 is 4.90 Å². The van der Waals surface area contributed by atoms with Crippen molar-refractivity contribution in [3.05, 3.63) is 35.4 Å². The van der Waals surface area contributed by atoms with Gasteiger partial charge >= 0.3 is 5.97 Å². The molecule has 0 radical (unpaired) electrons. The van der Waals surface area contributed by atoms with E-state index >= 15 is 0 Å². The molecule has 4 nitrogen and oxygen atoms in total. The van der Waals surface area contributed by atoms with E-state index in [1.807, 2.05) is 43.3 Å². The number of rotatable bonds is 5. The van der Waals surface area contributed by atoms with Crippen molar-refractivity contribution >= 4 is 23.5 Å². The van der Waals surface area contributed by atoms with Gasteiger partial charge in [0.15, 0.2) is 5.78 Å². The first kappa shape index (κ1) is 15.0. The minimum atomic E-state index is -0.577. The molecule has 0 aliphatic carbocycles. The molecule has 1 aromatic rings. The molecule has 0 amide bonds. The second kappa shape index (κ2) is 6.73. The number of ketones is 1. The number of carbonyl (C=O) groups excluding carboxylic acids is 2. The Bertz CT molecular complexity index is 487. The summed E-state index contributed by atoms with van der Waals surface area (Å²) in [6.07, 6.45) is 1.56. The van der Waals surface area contributed by atoms with E-state index in [1.165, 1.54) is 6.92 Å². The first-order valence-corrected chi connectivity index (χ1v) is 6.12. The van der Waals surface area contributed by atoms with Crippen LogP contribution in [0.25, 0.3) is 6.08 Å². The molecule has 0 fully saturated rings. The molecular formula is C15H19NO3. The van der Waals surface area contributed by atoms with Crippen molar-refractivity contribution in [3.63, 3.8) is 0 Å². The maximum Gasteiger partial charge on any atom is 0.341 e. The van der Waals surface area contributed by atoms with Gasteiger partial charge in [-0.15, -0.1) is 0 Å². The Balaban J connectivity index is 3.02. The van der Waals surface area contributed by atoms with Crippen LogP contribution in [0.4, 0.5) is 5.69 Å². The summed E-state index contributed by atoms with van der Waals surface area (Å²) in [7, 11) is 3.90. The van der Waals surface area contributed by atoms with Crippen LogP contribution in [0.3, 0.4) is 0 Å². The Hall–Kier alpha value is -2.10. The minimum absolute atomic E-state index is 0.0689. The third kappa shape index (κ3) is 4.25. The quantitative estimate of drug-likeness (QED) is 0.353. The number of hydrogen-bond donors (Lipinski definition) is 0. The molecule has 0 aliphatic heterocycles. The molecule has 4 heteroatoms. The van der Waals surface area contributed by atoms with Crippen LogP contribution in [0, 0.1) is 0 Å². The topological polar surface area (TPSA) is 46.6 Å². The van der Waals surface area contributed by atoms with Crippen molar-refractivity contribution in [2.45, 2.75) is 13.8 Å². The molecule has 0 aliphatic rings. The number of hydrogen-bond acceptors (Lipinski definition) is 4. The highest BCUT2D eigenvalue weighted by Gasteiger charge is 2.15. The highest BCUT2D eigenvalue weighted by molar-refractivity contribution is 6.19. The zero-order chi connectivity index (χ0) is 14.4. The largest absolute Gasteiger partial charge is 0.462 e. The van der Waals surface area contributed by atoms with Gasteiger partial charge in [0.1, 0.15) is 5.57 Å². The Kier molecular flexibility index (Phi) is 5.30. The van der Waals surface area contributed by atoms with Gasteiger partial charge in [0.2, 0.25) is 0 Å². The van der Waals surface area contributed by atoms with Crippen LogP contribution in [0.2, 0.25) is 0 Å². The zero-order valence-corrected chi connectivity index (χ0v) is 11.8. The third-order valence-corrected chi connectivity index (χ3v) is 2.60. The first-order chi connectivity index (χ1) is 8.95. The highest BCUT2D eigenvalue weighted by atomic mass is 16.5. The average Bonchev–Trinajstić information content (AvgIpc) is 2.36. The van der Waals surface area contributed by atoms with Gasteiger partial charge in [0, 0.05) is 19.8 Å². The molecule has 0 aromatic heterocycles. The van der Waals surface area contributed by atoms with Crippen LogP contribution in [0.15, 0.2) is 29.8 Å². The average molecular weight is 261 g/mol. The van der Waals surface area contributed by atoms with E-state index in [0.717, 1.165) is 11.3 Å². The van der Waals surface area contributed by atoms with Crippen LogP contribution in [0.5, 0.6) is 0 Å². The Morgan fingerprint density at radius 1 is 1.21 bits per heavy atom. The predicted octanol–water partition coefficient (Wildman–Crippen LogP) is 2.29. The molecule has 19 heavy (non-hydrogen) atoms. The smallest absolute Gasteiger partial charge is 0.341 e. The lowest BCUT2D eigenvalue weighted by atomic mass is 10.1. The van der Waals surface area contributed by atoms with Crippen molar-refractivity contribution in [2.75, 3.05) is 25.6 Å². The number of nitrogens with zero attached hydrogens (tertiary/aromatic N) is 1.